The monoisotopic (exact) mass is 421 g/mol. The van der Waals surface area contributed by atoms with E-state index >= 15 is 0 Å². The summed E-state index contributed by atoms with van der Waals surface area (Å²) < 4.78 is 21.7. The predicted octanol–water partition coefficient (Wildman–Crippen LogP) is 3.61. The zero-order valence-corrected chi connectivity index (χ0v) is 17.2. The molecule has 0 saturated carbocycles. The Labute approximate surface area is 180 Å². The summed E-state index contributed by atoms with van der Waals surface area (Å²) in [6.07, 6.45) is 7.21. The molecule has 0 spiro atoms. The molecular formula is C22H24FN7O. The molecule has 0 unspecified atom stereocenters. The number of aryl methyl sites for hydroxylation is 1. The quantitative estimate of drug-likeness (QED) is 0.564. The Balaban J connectivity index is 1.37. The molecule has 0 aliphatic carbocycles. The van der Waals surface area contributed by atoms with Crippen LogP contribution in [0.4, 0.5) is 16.0 Å². The summed E-state index contributed by atoms with van der Waals surface area (Å²) in [4.78, 5) is 10.7. The number of aromatic nitrogens is 4. The van der Waals surface area contributed by atoms with Crippen molar-refractivity contribution in [1.82, 2.24) is 24.6 Å². The van der Waals surface area contributed by atoms with E-state index < -0.39 is 5.82 Å². The highest BCUT2D eigenvalue weighted by Gasteiger charge is 2.13. The standard InChI is InChI=1S/C22H24FN7O/c23-20-15-25-22(28-21(20)17-14-26-30(16-17)11-3-8-24)27-18-4-6-19(7-5-18)31-13-12-29-9-1-2-10-29/h4-7,14-16H,1-3,9-13H2,(H,25,27,28). The first-order valence-corrected chi connectivity index (χ1v) is 10.4. The van der Waals surface area contributed by atoms with Crippen molar-refractivity contribution in [2.45, 2.75) is 25.8 Å². The average Bonchev–Trinajstić information content (AvgIpc) is 3.47. The molecule has 1 fully saturated rings. The fourth-order valence-corrected chi connectivity index (χ4v) is 3.46. The van der Waals surface area contributed by atoms with Gasteiger partial charge in [0.1, 0.15) is 18.1 Å². The van der Waals surface area contributed by atoms with Crippen LogP contribution in [0.2, 0.25) is 0 Å². The number of hydrogen-bond acceptors (Lipinski definition) is 7. The summed E-state index contributed by atoms with van der Waals surface area (Å²) in [6.45, 7) is 4.37. The maximum Gasteiger partial charge on any atom is 0.227 e. The Morgan fingerprint density at radius 3 is 2.71 bits per heavy atom. The largest absolute Gasteiger partial charge is 0.492 e. The van der Waals surface area contributed by atoms with Crippen LogP contribution in [-0.4, -0.2) is 50.9 Å². The minimum atomic E-state index is -0.535. The molecule has 1 saturated heterocycles. The lowest BCUT2D eigenvalue weighted by atomic mass is 10.2. The average molecular weight is 421 g/mol. The molecule has 2 aromatic heterocycles. The summed E-state index contributed by atoms with van der Waals surface area (Å²) in [5.41, 5.74) is 1.46. The van der Waals surface area contributed by atoms with Crippen molar-refractivity contribution in [3.8, 4) is 23.1 Å². The van der Waals surface area contributed by atoms with E-state index in [1.165, 1.54) is 19.0 Å². The lowest BCUT2D eigenvalue weighted by Gasteiger charge is -2.15. The van der Waals surface area contributed by atoms with E-state index in [0.717, 1.165) is 37.3 Å². The predicted molar refractivity (Wildman–Crippen MR) is 114 cm³/mol. The van der Waals surface area contributed by atoms with Crippen molar-refractivity contribution >= 4 is 11.6 Å². The van der Waals surface area contributed by atoms with E-state index in [0.29, 0.717) is 25.1 Å². The summed E-state index contributed by atoms with van der Waals surface area (Å²) in [6, 6.07) is 9.57. The van der Waals surface area contributed by atoms with Crippen molar-refractivity contribution in [2.75, 3.05) is 31.6 Å². The Hall–Kier alpha value is -3.51. The van der Waals surface area contributed by atoms with Gasteiger partial charge in [0.15, 0.2) is 5.82 Å². The summed E-state index contributed by atoms with van der Waals surface area (Å²) in [5, 5.41) is 15.9. The van der Waals surface area contributed by atoms with Gasteiger partial charge < -0.3 is 10.1 Å². The number of benzene rings is 1. The molecule has 9 heteroatoms. The lowest BCUT2D eigenvalue weighted by Crippen LogP contribution is -2.25. The molecular weight excluding hydrogens is 397 g/mol. The minimum Gasteiger partial charge on any atom is -0.492 e. The van der Waals surface area contributed by atoms with Crippen LogP contribution in [-0.2, 0) is 6.54 Å². The molecule has 0 amide bonds. The number of hydrogen-bond donors (Lipinski definition) is 1. The zero-order chi connectivity index (χ0) is 21.5. The van der Waals surface area contributed by atoms with Crippen LogP contribution in [0.3, 0.4) is 0 Å². The Bertz CT molecular complexity index is 1040. The second-order valence-electron chi connectivity index (χ2n) is 7.34. The Kier molecular flexibility index (Phi) is 6.69. The van der Waals surface area contributed by atoms with Crippen LogP contribution in [0.1, 0.15) is 19.3 Å². The fourth-order valence-electron chi connectivity index (χ4n) is 3.46. The van der Waals surface area contributed by atoms with E-state index in [4.69, 9.17) is 10.00 Å². The number of halogens is 1. The molecule has 1 aromatic carbocycles. The van der Waals surface area contributed by atoms with E-state index in [1.54, 1.807) is 10.9 Å². The van der Waals surface area contributed by atoms with Crippen molar-refractivity contribution in [1.29, 1.82) is 5.26 Å². The smallest absolute Gasteiger partial charge is 0.227 e. The molecule has 1 aliphatic heterocycles. The molecule has 4 rings (SSSR count). The van der Waals surface area contributed by atoms with Gasteiger partial charge in [0, 0.05) is 24.0 Å². The van der Waals surface area contributed by atoms with Crippen molar-refractivity contribution in [2.24, 2.45) is 0 Å². The molecule has 3 aromatic rings. The van der Waals surface area contributed by atoms with Gasteiger partial charge in [0.05, 0.1) is 31.4 Å². The van der Waals surface area contributed by atoms with Gasteiger partial charge in [-0.05, 0) is 50.2 Å². The molecule has 1 aliphatic rings. The second kappa shape index (κ2) is 10.00. The normalized spacial score (nSPS) is 13.8. The highest BCUT2D eigenvalue weighted by molar-refractivity contribution is 5.61. The second-order valence-corrected chi connectivity index (χ2v) is 7.34. The topological polar surface area (TPSA) is 91.9 Å². The first-order valence-electron chi connectivity index (χ1n) is 10.4. The van der Waals surface area contributed by atoms with Gasteiger partial charge in [0.25, 0.3) is 0 Å². The summed E-state index contributed by atoms with van der Waals surface area (Å²) in [5.74, 6) is 0.547. The van der Waals surface area contributed by atoms with E-state index in [9.17, 15) is 4.39 Å². The van der Waals surface area contributed by atoms with Gasteiger partial charge in [-0.25, -0.2) is 14.4 Å². The highest BCUT2D eigenvalue weighted by atomic mass is 19.1. The number of likely N-dealkylation sites (tertiary alicyclic amines) is 1. The van der Waals surface area contributed by atoms with Crippen LogP contribution >= 0.6 is 0 Å². The first-order chi connectivity index (χ1) is 15.2. The van der Waals surface area contributed by atoms with Crippen LogP contribution < -0.4 is 10.1 Å². The zero-order valence-electron chi connectivity index (χ0n) is 17.2. The molecule has 1 N–H and O–H groups in total. The number of nitrogens with zero attached hydrogens (tertiary/aromatic N) is 6. The van der Waals surface area contributed by atoms with Gasteiger partial charge in [-0.1, -0.05) is 0 Å². The van der Waals surface area contributed by atoms with Crippen LogP contribution in [0.5, 0.6) is 5.75 Å². The van der Waals surface area contributed by atoms with Crippen molar-refractivity contribution < 1.29 is 9.13 Å². The van der Waals surface area contributed by atoms with E-state index in [-0.39, 0.29) is 11.6 Å². The van der Waals surface area contributed by atoms with Gasteiger partial charge in [-0.3, -0.25) is 9.58 Å². The third-order valence-electron chi connectivity index (χ3n) is 5.09. The van der Waals surface area contributed by atoms with Gasteiger partial charge >= 0.3 is 0 Å². The highest BCUT2D eigenvalue weighted by Crippen LogP contribution is 2.23. The number of anilines is 2. The molecule has 3 heterocycles. The van der Waals surface area contributed by atoms with Crippen molar-refractivity contribution in [3.05, 3.63) is 48.7 Å². The SMILES string of the molecule is N#CCCn1cc(-c2nc(Nc3ccc(OCCN4CCCC4)cc3)ncc2F)cn1. The molecule has 31 heavy (non-hydrogen) atoms. The Morgan fingerprint density at radius 2 is 1.94 bits per heavy atom. The minimum absolute atomic E-state index is 0.155. The van der Waals surface area contributed by atoms with E-state index in [2.05, 4.69) is 31.4 Å². The third-order valence-corrected chi connectivity index (χ3v) is 5.09. The van der Waals surface area contributed by atoms with Crippen LogP contribution in [0.15, 0.2) is 42.9 Å². The summed E-state index contributed by atoms with van der Waals surface area (Å²) >= 11 is 0. The molecule has 0 bridgehead atoms. The van der Waals surface area contributed by atoms with Gasteiger partial charge in [0.2, 0.25) is 5.95 Å². The maximum absolute atomic E-state index is 14.3. The fraction of sp³-hybridized carbons (Fsp3) is 0.364. The third kappa shape index (κ3) is 5.55. The van der Waals surface area contributed by atoms with Crippen LogP contribution in [0.25, 0.3) is 11.3 Å². The number of rotatable bonds is 9. The maximum atomic E-state index is 14.3. The molecule has 0 atom stereocenters. The number of nitriles is 1. The lowest BCUT2D eigenvalue weighted by molar-refractivity contribution is 0.238. The first kappa shape index (κ1) is 20.8. The van der Waals surface area contributed by atoms with Gasteiger partial charge in [-0.2, -0.15) is 10.4 Å². The number of nitrogens with one attached hydrogen (secondary N) is 1. The molecule has 160 valence electrons. The van der Waals surface area contributed by atoms with E-state index in [1.807, 2.05) is 24.3 Å². The number of ether oxygens (including phenoxy) is 1. The van der Waals surface area contributed by atoms with Crippen LogP contribution in [0, 0.1) is 17.1 Å². The Morgan fingerprint density at radius 1 is 1.13 bits per heavy atom. The van der Waals surface area contributed by atoms with Crippen molar-refractivity contribution in [3.63, 3.8) is 0 Å². The molecule has 8 nitrogen and oxygen atoms in total. The van der Waals surface area contributed by atoms with Gasteiger partial charge in [-0.15, -0.1) is 0 Å². The molecule has 0 radical (unpaired) electrons. The summed E-state index contributed by atoms with van der Waals surface area (Å²) in [7, 11) is 0.